The third-order valence-corrected chi connectivity index (χ3v) is 3.87. The average Bonchev–Trinajstić information content (AvgIpc) is 2.55. The summed E-state index contributed by atoms with van der Waals surface area (Å²) in [5, 5.41) is 5.93. The van der Waals surface area contributed by atoms with Gasteiger partial charge in [0.05, 0.1) is 19.2 Å². The van der Waals surface area contributed by atoms with E-state index in [0.717, 1.165) is 5.56 Å². The van der Waals surface area contributed by atoms with Crippen LogP contribution in [-0.2, 0) is 9.53 Å². The lowest BCUT2D eigenvalue weighted by molar-refractivity contribution is -0.120. The Kier molecular flexibility index (Phi) is 9.28. The van der Waals surface area contributed by atoms with E-state index in [0.29, 0.717) is 19.0 Å². The number of hydrogen-bond donors (Lipinski definition) is 2. The third kappa shape index (κ3) is 6.71. The van der Waals surface area contributed by atoms with Crippen LogP contribution in [0.15, 0.2) is 29.3 Å². The van der Waals surface area contributed by atoms with Gasteiger partial charge in [-0.05, 0) is 38.5 Å². The number of aliphatic imine (C=N–C) groups is 1. The summed E-state index contributed by atoms with van der Waals surface area (Å²) in [6.45, 7) is 7.25. The lowest BCUT2D eigenvalue weighted by Crippen LogP contribution is -2.52. The zero-order valence-electron chi connectivity index (χ0n) is 15.7. The number of halogens is 2. The van der Waals surface area contributed by atoms with E-state index >= 15 is 0 Å². The van der Waals surface area contributed by atoms with Gasteiger partial charge in [-0.1, -0.05) is 12.1 Å². The van der Waals surface area contributed by atoms with Gasteiger partial charge in [0.15, 0.2) is 5.96 Å². The molecule has 26 heavy (non-hydrogen) atoms. The first-order valence-electron chi connectivity index (χ1n) is 8.55. The number of nitrogens with zero attached hydrogens (tertiary/aromatic N) is 2. The van der Waals surface area contributed by atoms with Crippen LogP contribution in [0.4, 0.5) is 4.39 Å². The molecule has 1 amide bonds. The molecule has 1 aliphatic heterocycles. The number of carbonyl (C=O) groups is 1. The Bertz CT molecular complexity index is 610. The molecule has 2 rings (SSSR count). The summed E-state index contributed by atoms with van der Waals surface area (Å²) >= 11 is 0. The van der Waals surface area contributed by atoms with Gasteiger partial charge in [-0.15, -0.1) is 24.0 Å². The van der Waals surface area contributed by atoms with E-state index in [1.807, 2.05) is 20.8 Å². The molecule has 1 saturated heterocycles. The zero-order valence-corrected chi connectivity index (χ0v) is 18.0. The van der Waals surface area contributed by atoms with Crippen molar-refractivity contribution in [3.05, 3.63) is 35.6 Å². The molecule has 1 aromatic rings. The van der Waals surface area contributed by atoms with Crippen molar-refractivity contribution < 1.29 is 13.9 Å². The molecular weight excluding hydrogens is 450 g/mol. The molecule has 0 aromatic heterocycles. The Balaban J connectivity index is 0.00000338. The quantitative estimate of drug-likeness (QED) is 0.396. The molecule has 2 atom stereocenters. The largest absolute Gasteiger partial charge is 0.367 e. The zero-order chi connectivity index (χ0) is 18.4. The first-order chi connectivity index (χ1) is 11.9. The van der Waals surface area contributed by atoms with Crippen LogP contribution in [0, 0.1) is 5.82 Å². The molecule has 2 N–H and O–H groups in total. The molecule has 1 heterocycles. The number of amides is 1. The second-order valence-electron chi connectivity index (χ2n) is 6.51. The minimum absolute atomic E-state index is 0. The molecule has 1 fully saturated rings. The SMILES string of the molecule is CN=C(NCC(=O)NC(C)C)N1CC(C)OC(c2ccc(F)cc2)C1.I. The van der Waals surface area contributed by atoms with Crippen LogP contribution in [-0.4, -0.2) is 55.6 Å². The summed E-state index contributed by atoms with van der Waals surface area (Å²) in [5.41, 5.74) is 0.922. The molecule has 146 valence electrons. The highest BCUT2D eigenvalue weighted by atomic mass is 127. The van der Waals surface area contributed by atoms with Gasteiger partial charge in [0.25, 0.3) is 0 Å². The fourth-order valence-electron chi connectivity index (χ4n) is 2.85. The monoisotopic (exact) mass is 478 g/mol. The Morgan fingerprint density at radius 3 is 2.58 bits per heavy atom. The maximum atomic E-state index is 13.1. The molecule has 0 radical (unpaired) electrons. The van der Waals surface area contributed by atoms with Gasteiger partial charge in [-0.2, -0.15) is 0 Å². The molecule has 8 heteroatoms. The number of morpholine rings is 1. The molecule has 2 unspecified atom stereocenters. The van der Waals surface area contributed by atoms with Crippen molar-refractivity contribution in [2.24, 2.45) is 4.99 Å². The van der Waals surface area contributed by atoms with E-state index in [1.165, 1.54) is 12.1 Å². The Morgan fingerprint density at radius 1 is 1.35 bits per heavy atom. The van der Waals surface area contributed by atoms with Crippen molar-refractivity contribution in [1.29, 1.82) is 0 Å². The number of ether oxygens (including phenoxy) is 1. The Hall–Kier alpha value is -1.42. The topological polar surface area (TPSA) is 66.0 Å². The van der Waals surface area contributed by atoms with Gasteiger partial charge in [0.2, 0.25) is 5.91 Å². The summed E-state index contributed by atoms with van der Waals surface area (Å²) in [4.78, 5) is 18.2. The first-order valence-corrected chi connectivity index (χ1v) is 8.55. The number of benzene rings is 1. The molecule has 0 bridgehead atoms. The smallest absolute Gasteiger partial charge is 0.239 e. The predicted octanol–water partition coefficient (Wildman–Crippen LogP) is 2.31. The molecule has 0 aliphatic carbocycles. The first kappa shape index (κ1) is 22.6. The molecule has 6 nitrogen and oxygen atoms in total. The van der Waals surface area contributed by atoms with Crippen molar-refractivity contribution in [1.82, 2.24) is 15.5 Å². The van der Waals surface area contributed by atoms with Crippen molar-refractivity contribution in [3.63, 3.8) is 0 Å². The van der Waals surface area contributed by atoms with Gasteiger partial charge in [-0.3, -0.25) is 9.79 Å². The number of rotatable bonds is 4. The van der Waals surface area contributed by atoms with Crippen LogP contribution in [0.1, 0.15) is 32.4 Å². The van der Waals surface area contributed by atoms with E-state index in [4.69, 9.17) is 4.74 Å². The van der Waals surface area contributed by atoms with Crippen molar-refractivity contribution >= 4 is 35.8 Å². The molecule has 0 spiro atoms. The van der Waals surface area contributed by atoms with Crippen LogP contribution in [0.2, 0.25) is 0 Å². The Morgan fingerprint density at radius 2 is 2.00 bits per heavy atom. The maximum absolute atomic E-state index is 13.1. The van der Waals surface area contributed by atoms with Crippen LogP contribution in [0.25, 0.3) is 0 Å². The normalized spacial score (nSPS) is 20.5. The summed E-state index contributed by atoms with van der Waals surface area (Å²) < 4.78 is 19.1. The highest BCUT2D eigenvalue weighted by Crippen LogP contribution is 2.25. The highest BCUT2D eigenvalue weighted by molar-refractivity contribution is 14.0. The standard InChI is InChI=1S/C18H27FN4O2.HI/c1-12(2)22-17(24)9-21-18(20-4)23-10-13(3)25-16(11-23)14-5-7-15(19)8-6-14;/h5-8,12-13,16H,9-11H2,1-4H3,(H,20,21)(H,22,24);1H. The number of carbonyl (C=O) groups excluding carboxylic acids is 1. The van der Waals surface area contributed by atoms with Gasteiger partial charge in [0.1, 0.15) is 11.9 Å². The summed E-state index contributed by atoms with van der Waals surface area (Å²) in [5.74, 6) is 0.312. The van der Waals surface area contributed by atoms with E-state index in [2.05, 4.69) is 20.5 Å². The molecule has 0 saturated carbocycles. The highest BCUT2D eigenvalue weighted by Gasteiger charge is 2.28. The van der Waals surface area contributed by atoms with E-state index in [1.54, 1.807) is 19.2 Å². The third-order valence-electron chi connectivity index (χ3n) is 3.87. The fraction of sp³-hybridized carbons (Fsp3) is 0.556. The lowest BCUT2D eigenvalue weighted by Gasteiger charge is -2.38. The van der Waals surface area contributed by atoms with Crippen molar-refractivity contribution in [2.45, 2.75) is 39.0 Å². The molecule has 1 aromatic carbocycles. The average molecular weight is 478 g/mol. The lowest BCUT2D eigenvalue weighted by atomic mass is 10.1. The molecular formula is C18H28FIN4O2. The van der Waals surface area contributed by atoms with Gasteiger partial charge < -0.3 is 20.3 Å². The minimum atomic E-state index is -0.266. The van der Waals surface area contributed by atoms with Crippen LogP contribution in [0.5, 0.6) is 0 Å². The minimum Gasteiger partial charge on any atom is -0.367 e. The summed E-state index contributed by atoms with van der Waals surface area (Å²) in [7, 11) is 1.69. The van der Waals surface area contributed by atoms with Crippen LogP contribution < -0.4 is 10.6 Å². The molecule has 1 aliphatic rings. The van der Waals surface area contributed by atoms with Crippen LogP contribution >= 0.6 is 24.0 Å². The van der Waals surface area contributed by atoms with Gasteiger partial charge in [0, 0.05) is 19.6 Å². The van der Waals surface area contributed by atoms with Gasteiger partial charge >= 0.3 is 0 Å². The van der Waals surface area contributed by atoms with E-state index in [9.17, 15) is 9.18 Å². The second-order valence-corrected chi connectivity index (χ2v) is 6.51. The summed E-state index contributed by atoms with van der Waals surface area (Å²) in [6, 6.07) is 6.45. The number of hydrogen-bond acceptors (Lipinski definition) is 3. The fourth-order valence-corrected chi connectivity index (χ4v) is 2.85. The van der Waals surface area contributed by atoms with E-state index in [-0.39, 0.29) is 60.5 Å². The number of guanidine groups is 1. The van der Waals surface area contributed by atoms with E-state index < -0.39 is 0 Å². The van der Waals surface area contributed by atoms with Crippen molar-refractivity contribution in [3.8, 4) is 0 Å². The second kappa shape index (κ2) is 10.7. The summed E-state index contributed by atoms with van der Waals surface area (Å²) in [6.07, 6.45) is -0.181. The Labute approximate surface area is 171 Å². The maximum Gasteiger partial charge on any atom is 0.239 e. The number of nitrogens with one attached hydrogen (secondary N) is 2. The van der Waals surface area contributed by atoms with Crippen LogP contribution in [0.3, 0.4) is 0 Å². The predicted molar refractivity (Wildman–Crippen MR) is 111 cm³/mol. The van der Waals surface area contributed by atoms with Crippen molar-refractivity contribution in [2.75, 3.05) is 26.7 Å². The van der Waals surface area contributed by atoms with Gasteiger partial charge in [-0.25, -0.2) is 4.39 Å².